The zero-order chi connectivity index (χ0) is 29.7. The molecule has 10 heteroatoms. The first-order valence-electron chi connectivity index (χ1n) is 14.7. The van der Waals surface area contributed by atoms with Gasteiger partial charge in [0.05, 0.1) is 0 Å². The quantitative estimate of drug-likeness (QED) is 0.374. The van der Waals surface area contributed by atoms with Crippen LogP contribution in [0.3, 0.4) is 0 Å². The van der Waals surface area contributed by atoms with Crippen LogP contribution in [0.2, 0.25) is 0 Å². The molecule has 0 unspecified atom stereocenters. The number of aryl methyl sites for hydroxylation is 2. The van der Waals surface area contributed by atoms with E-state index in [0.29, 0.717) is 43.1 Å². The number of aromatic nitrogens is 1. The van der Waals surface area contributed by atoms with E-state index in [1.54, 1.807) is 19.1 Å². The van der Waals surface area contributed by atoms with Crippen LogP contribution in [0.4, 0.5) is 4.39 Å². The smallest absolute Gasteiger partial charge is 0.248 e. The highest BCUT2D eigenvalue weighted by Crippen LogP contribution is 2.29. The minimum absolute atomic E-state index is 0.0105. The first-order valence-corrected chi connectivity index (χ1v) is 16.1. The maximum atomic E-state index is 14.0. The molecular weight excluding hydrogens is 555 g/mol. The van der Waals surface area contributed by atoms with Crippen LogP contribution in [-0.2, 0) is 21.4 Å². The van der Waals surface area contributed by atoms with Gasteiger partial charge in [-0.15, -0.1) is 0 Å². The number of amides is 1. The Balaban J connectivity index is 1.10. The largest absolute Gasteiger partial charge is 0.356 e. The maximum Gasteiger partial charge on any atom is 0.248 e. The third kappa shape index (κ3) is 7.17. The Morgan fingerprint density at radius 1 is 1.00 bits per heavy atom. The van der Waals surface area contributed by atoms with Crippen LogP contribution in [0.25, 0.3) is 12.2 Å². The van der Waals surface area contributed by atoms with Gasteiger partial charge >= 0.3 is 0 Å². The molecule has 3 heterocycles. The number of likely N-dealkylation sites (tertiary alicyclic amines) is 1. The highest BCUT2D eigenvalue weighted by atomic mass is 32.2. The zero-order valence-electron chi connectivity index (χ0n) is 24.3. The van der Waals surface area contributed by atoms with Gasteiger partial charge in [-0.3, -0.25) is 9.69 Å². The minimum atomic E-state index is -3.83. The fourth-order valence-corrected chi connectivity index (χ4v) is 7.46. The second-order valence-corrected chi connectivity index (χ2v) is 13.3. The van der Waals surface area contributed by atoms with Crippen molar-refractivity contribution in [2.45, 2.75) is 51.0 Å². The Morgan fingerprint density at radius 2 is 1.69 bits per heavy atom. The van der Waals surface area contributed by atoms with Crippen LogP contribution in [0.1, 0.15) is 53.8 Å². The third-order valence-corrected chi connectivity index (χ3v) is 10.4. The van der Waals surface area contributed by atoms with Crippen LogP contribution < -0.4 is 5.32 Å². The fourth-order valence-electron chi connectivity index (χ4n) is 5.74. The van der Waals surface area contributed by atoms with E-state index < -0.39 is 10.0 Å². The summed E-state index contributed by atoms with van der Waals surface area (Å²) in [6.07, 6.45) is 6.27. The molecule has 42 heavy (non-hydrogen) atoms. The number of carbonyl (C=O) groups excluding carboxylic acids is 1. The Hall–Kier alpha value is -3.34. The molecule has 0 saturated carbocycles. The van der Waals surface area contributed by atoms with E-state index in [1.807, 2.05) is 49.4 Å². The normalized spacial score (nSPS) is 18.1. The Labute approximate surface area is 247 Å². The first kappa shape index (κ1) is 30.1. The maximum absolute atomic E-state index is 14.0. The van der Waals surface area contributed by atoms with Crippen LogP contribution >= 0.6 is 0 Å². The molecule has 0 spiro atoms. The Bertz CT molecular complexity index is 1500. The van der Waals surface area contributed by atoms with Gasteiger partial charge in [0.15, 0.2) is 10.7 Å². The number of halogens is 1. The summed E-state index contributed by atoms with van der Waals surface area (Å²) in [6, 6.07) is 14.8. The molecule has 1 N–H and O–H groups in total. The van der Waals surface area contributed by atoms with Crippen molar-refractivity contribution in [3.8, 4) is 0 Å². The van der Waals surface area contributed by atoms with Crippen molar-refractivity contribution in [2.24, 2.45) is 11.8 Å². The number of hydrogen-bond acceptors (Lipinski definition) is 6. The van der Waals surface area contributed by atoms with Gasteiger partial charge in [0, 0.05) is 37.7 Å². The molecule has 0 aliphatic carbocycles. The van der Waals surface area contributed by atoms with Crippen molar-refractivity contribution in [1.29, 1.82) is 0 Å². The zero-order valence-corrected chi connectivity index (χ0v) is 25.1. The minimum Gasteiger partial charge on any atom is -0.356 e. The van der Waals surface area contributed by atoms with Crippen molar-refractivity contribution in [3.05, 3.63) is 82.5 Å². The standard InChI is InChI=1S/C32H39FN4O4S/c1-23-7-9-25(10-8-23)11-12-30-31(24(2)35-41-30)42(39,40)37-19-15-27(16-20-37)32(38)34-21-26-13-17-36(18-14-26)22-28-5-3-4-6-29(28)33/h3-12,26-27H,13-22H2,1-2H3,(H,34,38). The predicted octanol–water partition coefficient (Wildman–Crippen LogP) is 5.03. The molecule has 5 rings (SSSR count). The molecule has 8 nitrogen and oxygen atoms in total. The summed E-state index contributed by atoms with van der Waals surface area (Å²) in [5.74, 6) is 0.186. The molecule has 1 amide bonds. The number of benzene rings is 2. The molecule has 2 aromatic carbocycles. The summed E-state index contributed by atoms with van der Waals surface area (Å²) < 4.78 is 48.0. The first-order chi connectivity index (χ1) is 20.2. The lowest BCUT2D eigenvalue weighted by atomic mass is 9.94. The van der Waals surface area contributed by atoms with Crippen LogP contribution in [0, 0.1) is 31.5 Å². The monoisotopic (exact) mass is 594 g/mol. The van der Waals surface area contributed by atoms with Crippen molar-refractivity contribution < 1.29 is 22.1 Å². The van der Waals surface area contributed by atoms with Crippen LogP contribution in [-0.4, -0.2) is 61.4 Å². The van der Waals surface area contributed by atoms with Gasteiger partial charge in [-0.05, 0) is 76.2 Å². The number of rotatable bonds is 9. The second kappa shape index (κ2) is 13.3. The topological polar surface area (TPSA) is 95.8 Å². The average Bonchev–Trinajstić information content (AvgIpc) is 3.38. The van der Waals surface area contributed by atoms with E-state index in [9.17, 15) is 17.6 Å². The Kier molecular flexibility index (Phi) is 9.55. The van der Waals surface area contributed by atoms with E-state index in [4.69, 9.17) is 4.52 Å². The molecular formula is C32H39FN4O4S. The highest BCUT2D eigenvalue weighted by Gasteiger charge is 2.36. The molecule has 2 aliphatic heterocycles. The molecule has 224 valence electrons. The molecule has 2 aliphatic rings. The summed E-state index contributed by atoms with van der Waals surface area (Å²) >= 11 is 0. The van der Waals surface area contributed by atoms with Crippen LogP contribution in [0.5, 0.6) is 0 Å². The lowest BCUT2D eigenvalue weighted by Crippen LogP contribution is -2.44. The van der Waals surface area contributed by atoms with Crippen molar-refractivity contribution in [1.82, 2.24) is 19.7 Å². The summed E-state index contributed by atoms with van der Waals surface area (Å²) in [6.45, 7) is 7.12. The van der Waals surface area contributed by atoms with E-state index in [1.165, 1.54) is 10.4 Å². The number of sulfonamides is 1. The second-order valence-electron chi connectivity index (χ2n) is 11.4. The number of nitrogens with one attached hydrogen (secondary N) is 1. The number of carbonyl (C=O) groups is 1. The molecule has 0 atom stereocenters. The van der Waals surface area contributed by atoms with Crippen molar-refractivity contribution in [2.75, 3.05) is 32.7 Å². The van der Waals surface area contributed by atoms with Gasteiger partial charge in [0.1, 0.15) is 11.5 Å². The number of hydrogen-bond donors (Lipinski definition) is 1. The lowest BCUT2D eigenvalue weighted by Gasteiger charge is -2.33. The molecule has 1 aromatic heterocycles. The molecule has 3 aromatic rings. The molecule has 0 bridgehead atoms. The van der Waals surface area contributed by atoms with Gasteiger partial charge in [-0.2, -0.15) is 4.31 Å². The summed E-state index contributed by atoms with van der Waals surface area (Å²) in [5, 5.41) is 7.04. The third-order valence-electron chi connectivity index (χ3n) is 8.38. The summed E-state index contributed by atoms with van der Waals surface area (Å²) in [5.41, 5.74) is 3.10. The fraction of sp³-hybridized carbons (Fsp3) is 0.438. The van der Waals surface area contributed by atoms with E-state index in [0.717, 1.165) is 37.1 Å². The number of nitrogens with zero attached hydrogens (tertiary/aromatic N) is 3. The highest BCUT2D eigenvalue weighted by molar-refractivity contribution is 7.89. The Morgan fingerprint density at radius 3 is 2.38 bits per heavy atom. The lowest BCUT2D eigenvalue weighted by molar-refractivity contribution is -0.126. The molecule has 0 radical (unpaired) electrons. The van der Waals surface area contributed by atoms with Crippen molar-refractivity contribution >= 4 is 28.1 Å². The van der Waals surface area contributed by atoms with Gasteiger partial charge in [-0.25, -0.2) is 12.8 Å². The predicted molar refractivity (Wildman–Crippen MR) is 160 cm³/mol. The summed E-state index contributed by atoms with van der Waals surface area (Å²) in [4.78, 5) is 15.3. The van der Waals surface area contributed by atoms with Gasteiger partial charge < -0.3 is 9.84 Å². The van der Waals surface area contributed by atoms with E-state index in [2.05, 4.69) is 15.4 Å². The van der Waals surface area contributed by atoms with Crippen molar-refractivity contribution in [3.63, 3.8) is 0 Å². The number of piperidine rings is 2. The van der Waals surface area contributed by atoms with Gasteiger partial charge in [-0.1, -0.05) is 59.3 Å². The molecule has 2 saturated heterocycles. The van der Waals surface area contributed by atoms with Gasteiger partial charge in [0.2, 0.25) is 15.9 Å². The molecule has 2 fully saturated rings. The van der Waals surface area contributed by atoms with E-state index >= 15 is 0 Å². The van der Waals surface area contributed by atoms with E-state index in [-0.39, 0.29) is 41.4 Å². The van der Waals surface area contributed by atoms with Gasteiger partial charge in [0.25, 0.3) is 0 Å². The summed E-state index contributed by atoms with van der Waals surface area (Å²) in [7, 11) is -3.83. The average molecular weight is 595 g/mol. The van der Waals surface area contributed by atoms with Crippen LogP contribution in [0.15, 0.2) is 57.9 Å². The SMILES string of the molecule is Cc1ccc(C=Cc2onc(C)c2S(=O)(=O)N2CCC(C(=O)NCC3CCN(Cc4ccccc4F)CC3)CC2)cc1.